The second-order valence-corrected chi connectivity index (χ2v) is 11.2. The Hall–Kier alpha value is 0.260. The third kappa shape index (κ3) is 4.50. The van der Waals surface area contributed by atoms with Gasteiger partial charge in [-0.15, -0.1) is 24.0 Å². The van der Waals surface area contributed by atoms with E-state index in [0.29, 0.717) is 13.1 Å². The lowest BCUT2D eigenvalue weighted by Gasteiger charge is -2.41. The molecule has 0 aromatic heterocycles. The molecule has 0 spiro atoms. The molecule has 0 aromatic rings. The lowest BCUT2D eigenvalue weighted by molar-refractivity contribution is 0.181. The summed E-state index contributed by atoms with van der Waals surface area (Å²) < 4.78 is 23.6. The van der Waals surface area contributed by atoms with Crippen molar-refractivity contribution in [3.05, 3.63) is 0 Å². The Bertz CT molecular complexity index is 558. The summed E-state index contributed by atoms with van der Waals surface area (Å²) in [6.07, 6.45) is 1.16. The first-order valence-corrected chi connectivity index (χ1v) is 10.9. The molecule has 2 aliphatic rings. The monoisotopic (exact) mass is 490 g/mol. The number of sulfone groups is 1. The van der Waals surface area contributed by atoms with Gasteiger partial charge in [0, 0.05) is 38.0 Å². The first-order chi connectivity index (χ1) is 10.6. The Morgan fingerprint density at radius 3 is 2.50 bits per heavy atom. The quantitative estimate of drug-likeness (QED) is 0.364. The van der Waals surface area contributed by atoms with Crippen LogP contribution in [-0.4, -0.2) is 92.5 Å². The number of likely N-dealkylation sites (N-methyl/N-ethyl adjacent to an activating group) is 1. The van der Waals surface area contributed by atoms with Crippen LogP contribution in [0.25, 0.3) is 0 Å². The van der Waals surface area contributed by atoms with E-state index in [1.807, 2.05) is 11.8 Å². The Balaban J connectivity index is 0.00000288. The predicted molar refractivity (Wildman–Crippen MR) is 115 cm³/mol. The average molecular weight is 490 g/mol. The zero-order chi connectivity index (χ0) is 17.3. The molecule has 1 N–H and O–H groups in total. The maximum absolute atomic E-state index is 12.2. The molecule has 1 unspecified atom stereocenters. The number of guanidine groups is 1. The third-order valence-corrected chi connectivity index (χ3v) is 8.93. The van der Waals surface area contributed by atoms with Crippen molar-refractivity contribution in [2.24, 2.45) is 4.99 Å². The van der Waals surface area contributed by atoms with Gasteiger partial charge in [0.05, 0.1) is 10.5 Å². The van der Waals surface area contributed by atoms with Crippen molar-refractivity contribution in [3.63, 3.8) is 0 Å². The van der Waals surface area contributed by atoms with Crippen LogP contribution in [0.2, 0.25) is 0 Å². The van der Waals surface area contributed by atoms with Crippen LogP contribution in [0, 0.1) is 0 Å². The topological polar surface area (TPSA) is 65.0 Å². The SMILES string of the molecule is CN=C(NCC1(N(C)C)CCSC1)N1CCS(=O)(=O)C(C)(C)C1.I. The van der Waals surface area contributed by atoms with Gasteiger partial charge in [-0.05, 0) is 40.1 Å². The largest absolute Gasteiger partial charge is 0.354 e. The third-order valence-electron chi connectivity index (χ3n) is 5.16. The van der Waals surface area contributed by atoms with Gasteiger partial charge in [0.25, 0.3) is 0 Å². The zero-order valence-electron chi connectivity index (χ0n) is 15.3. The smallest absolute Gasteiger partial charge is 0.193 e. The van der Waals surface area contributed by atoms with E-state index >= 15 is 0 Å². The van der Waals surface area contributed by atoms with E-state index in [9.17, 15) is 8.42 Å². The number of rotatable bonds is 3. The van der Waals surface area contributed by atoms with E-state index in [2.05, 4.69) is 34.2 Å². The van der Waals surface area contributed by atoms with Gasteiger partial charge in [-0.2, -0.15) is 11.8 Å². The molecule has 0 radical (unpaired) electrons. The lowest BCUT2D eigenvalue weighted by atomic mass is 9.97. The summed E-state index contributed by atoms with van der Waals surface area (Å²) in [4.78, 5) is 8.77. The van der Waals surface area contributed by atoms with Crippen LogP contribution in [0.15, 0.2) is 4.99 Å². The minimum Gasteiger partial charge on any atom is -0.354 e. The Morgan fingerprint density at radius 2 is 2.04 bits per heavy atom. The fourth-order valence-electron chi connectivity index (χ4n) is 3.15. The molecule has 2 rings (SSSR count). The lowest BCUT2D eigenvalue weighted by Crippen LogP contribution is -2.60. The minimum absolute atomic E-state index is 0. The normalized spacial score (nSPS) is 29.4. The van der Waals surface area contributed by atoms with E-state index in [-0.39, 0.29) is 35.3 Å². The molecule has 0 aliphatic carbocycles. The van der Waals surface area contributed by atoms with Gasteiger partial charge < -0.3 is 15.1 Å². The second kappa shape index (κ2) is 8.30. The van der Waals surface area contributed by atoms with Gasteiger partial charge in [-0.3, -0.25) is 4.99 Å². The molecule has 2 aliphatic heterocycles. The summed E-state index contributed by atoms with van der Waals surface area (Å²) in [6, 6.07) is 0. The van der Waals surface area contributed by atoms with Gasteiger partial charge in [0.15, 0.2) is 15.8 Å². The molecule has 0 aromatic carbocycles. The number of nitrogens with zero attached hydrogens (tertiary/aromatic N) is 3. The minimum atomic E-state index is -3.03. The van der Waals surface area contributed by atoms with E-state index in [0.717, 1.165) is 24.7 Å². The summed E-state index contributed by atoms with van der Waals surface area (Å²) in [5.41, 5.74) is 0.151. The van der Waals surface area contributed by atoms with Crippen LogP contribution in [0.4, 0.5) is 0 Å². The fraction of sp³-hybridized carbons (Fsp3) is 0.933. The van der Waals surface area contributed by atoms with Crippen molar-refractivity contribution >= 4 is 51.5 Å². The van der Waals surface area contributed by atoms with Gasteiger partial charge in [0.2, 0.25) is 0 Å². The summed E-state index contributed by atoms with van der Waals surface area (Å²) in [5.74, 6) is 3.30. The number of hydrogen-bond donors (Lipinski definition) is 1. The number of hydrogen-bond acceptors (Lipinski definition) is 5. The van der Waals surface area contributed by atoms with Crippen LogP contribution in [0.1, 0.15) is 20.3 Å². The van der Waals surface area contributed by atoms with E-state index in [1.54, 1.807) is 20.9 Å². The average Bonchev–Trinajstić information content (AvgIpc) is 2.93. The molecule has 9 heteroatoms. The molecule has 2 saturated heterocycles. The van der Waals surface area contributed by atoms with Crippen molar-refractivity contribution in [1.29, 1.82) is 0 Å². The van der Waals surface area contributed by atoms with E-state index in [1.165, 1.54) is 5.75 Å². The zero-order valence-corrected chi connectivity index (χ0v) is 19.3. The maximum atomic E-state index is 12.2. The van der Waals surface area contributed by atoms with Crippen LogP contribution < -0.4 is 5.32 Å². The summed E-state index contributed by atoms with van der Waals surface area (Å²) in [6.45, 7) is 5.44. The molecule has 1 atom stereocenters. The number of aliphatic imine (C=N–C) groups is 1. The first kappa shape index (κ1) is 22.3. The molecule has 0 saturated carbocycles. The van der Waals surface area contributed by atoms with Crippen molar-refractivity contribution in [2.75, 3.05) is 58.0 Å². The molecule has 24 heavy (non-hydrogen) atoms. The number of thioether (sulfide) groups is 1. The van der Waals surface area contributed by atoms with Crippen molar-refractivity contribution in [2.45, 2.75) is 30.6 Å². The molecule has 6 nitrogen and oxygen atoms in total. The van der Waals surface area contributed by atoms with Crippen LogP contribution >= 0.6 is 35.7 Å². The molecule has 2 fully saturated rings. The van der Waals surface area contributed by atoms with Crippen LogP contribution in [0.3, 0.4) is 0 Å². The predicted octanol–water partition coefficient (Wildman–Crippen LogP) is 1.13. The summed E-state index contributed by atoms with van der Waals surface area (Å²) >= 11 is 1.99. The molecule has 0 bridgehead atoms. The number of nitrogens with one attached hydrogen (secondary N) is 1. The molecular formula is C15H31IN4O2S2. The van der Waals surface area contributed by atoms with Crippen molar-refractivity contribution < 1.29 is 8.42 Å². The number of halogens is 1. The Labute approximate surface area is 168 Å². The first-order valence-electron chi connectivity index (χ1n) is 8.07. The summed E-state index contributed by atoms with van der Waals surface area (Å²) in [7, 11) is 3.00. The summed E-state index contributed by atoms with van der Waals surface area (Å²) in [5, 5.41) is 3.49. The van der Waals surface area contributed by atoms with E-state index < -0.39 is 14.6 Å². The highest BCUT2D eigenvalue weighted by Gasteiger charge is 2.42. The second-order valence-electron chi connectivity index (χ2n) is 7.32. The highest BCUT2D eigenvalue weighted by atomic mass is 127. The Kier molecular flexibility index (Phi) is 7.71. The molecular weight excluding hydrogens is 459 g/mol. The van der Waals surface area contributed by atoms with Gasteiger partial charge in [-0.1, -0.05) is 0 Å². The Morgan fingerprint density at radius 1 is 1.38 bits per heavy atom. The standard InChI is InChI=1S/C15H30N4O2S2.HI/c1-14(2)11-19(7-9-23(14,20)21)13(16-3)17-10-15(18(4)5)6-8-22-12-15;/h6-12H2,1-5H3,(H,16,17);1H. The van der Waals surface area contributed by atoms with Crippen molar-refractivity contribution in [1.82, 2.24) is 15.1 Å². The highest BCUT2D eigenvalue weighted by molar-refractivity contribution is 14.0. The molecule has 0 amide bonds. The van der Waals surface area contributed by atoms with Gasteiger partial charge in [-0.25, -0.2) is 8.42 Å². The fourth-order valence-corrected chi connectivity index (χ4v) is 6.07. The van der Waals surface area contributed by atoms with E-state index in [4.69, 9.17) is 0 Å². The maximum Gasteiger partial charge on any atom is 0.193 e. The van der Waals surface area contributed by atoms with Gasteiger partial charge >= 0.3 is 0 Å². The van der Waals surface area contributed by atoms with Gasteiger partial charge in [0.1, 0.15) is 0 Å². The van der Waals surface area contributed by atoms with Crippen LogP contribution in [0.5, 0.6) is 0 Å². The molecule has 142 valence electrons. The highest BCUT2D eigenvalue weighted by Crippen LogP contribution is 2.31. The molecule has 2 heterocycles. The van der Waals surface area contributed by atoms with Crippen LogP contribution in [-0.2, 0) is 9.84 Å². The van der Waals surface area contributed by atoms with Crippen molar-refractivity contribution in [3.8, 4) is 0 Å².